The maximum Gasteiger partial charge on any atom is 0.263 e. The molecular formula is C12H14ClNO2S. The van der Waals surface area contributed by atoms with Crippen LogP contribution < -0.4 is 0 Å². The van der Waals surface area contributed by atoms with Crippen LogP contribution in [0.3, 0.4) is 0 Å². The van der Waals surface area contributed by atoms with Crippen molar-refractivity contribution in [3.63, 3.8) is 0 Å². The minimum atomic E-state index is -3.42. The topological polar surface area (TPSA) is 37.4 Å². The molecule has 1 atom stereocenters. The minimum absolute atomic E-state index is 0.275. The van der Waals surface area contributed by atoms with E-state index in [9.17, 15) is 8.42 Å². The summed E-state index contributed by atoms with van der Waals surface area (Å²) in [7, 11) is -3.42. The largest absolute Gasteiger partial charge is 0.273 e. The van der Waals surface area contributed by atoms with Crippen LogP contribution in [0, 0.1) is 5.92 Å². The maximum atomic E-state index is 12.3. The molecule has 0 saturated heterocycles. The molecule has 2 rings (SSSR count). The van der Waals surface area contributed by atoms with Gasteiger partial charge in [0.2, 0.25) is 0 Å². The van der Waals surface area contributed by atoms with Gasteiger partial charge in [0, 0.05) is 17.8 Å². The highest BCUT2D eigenvalue weighted by Crippen LogP contribution is 2.27. The van der Waals surface area contributed by atoms with Gasteiger partial charge in [-0.3, -0.25) is 4.31 Å². The first kappa shape index (κ1) is 12.5. The Bertz CT molecular complexity index is 548. The molecule has 0 spiro atoms. The van der Waals surface area contributed by atoms with Crippen molar-refractivity contribution < 1.29 is 8.42 Å². The van der Waals surface area contributed by atoms with Crippen LogP contribution in [0.1, 0.15) is 13.8 Å². The summed E-state index contributed by atoms with van der Waals surface area (Å²) in [6.45, 7) is 4.47. The maximum absolute atomic E-state index is 12.3. The molecule has 17 heavy (non-hydrogen) atoms. The molecule has 0 aliphatic carbocycles. The summed E-state index contributed by atoms with van der Waals surface area (Å²) in [5.41, 5.74) is 1.09. The van der Waals surface area contributed by atoms with Crippen LogP contribution in [-0.2, 0) is 10.0 Å². The van der Waals surface area contributed by atoms with E-state index in [1.807, 2.05) is 13.8 Å². The van der Waals surface area contributed by atoms with Gasteiger partial charge in [-0.05, 0) is 37.1 Å². The number of nitrogens with zero attached hydrogens (tertiary/aromatic N) is 1. The molecule has 1 aromatic carbocycles. The number of rotatable bonds is 2. The SMILES string of the molecule is CC1=CN(S(=O)(=O)c2ccc(Cl)cc2)CC1C. The van der Waals surface area contributed by atoms with E-state index >= 15 is 0 Å². The van der Waals surface area contributed by atoms with Crippen molar-refractivity contribution in [2.75, 3.05) is 6.54 Å². The smallest absolute Gasteiger partial charge is 0.263 e. The molecule has 5 heteroatoms. The Morgan fingerprint density at radius 2 is 1.88 bits per heavy atom. The quantitative estimate of drug-likeness (QED) is 0.829. The van der Waals surface area contributed by atoms with Gasteiger partial charge in [-0.1, -0.05) is 24.1 Å². The lowest BCUT2D eigenvalue weighted by Gasteiger charge is -2.17. The lowest BCUT2D eigenvalue weighted by atomic mass is 10.1. The standard InChI is InChI=1S/C12H14ClNO2S/c1-9-7-14(8-10(9)2)17(15,16)12-5-3-11(13)4-6-12/h3-7,10H,8H2,1-2H3. The fourth-order valence-corrected chi connectivity index (χ4v) is 3.33. The third kappa shape index (κ3) is 2.33. The third-order valence-corrected chi connectivity index (χ3v) is 4.99. The molecule has 3 nitrogen and oxygen atoms in total. The van der Waals surface area contributed by atoms with Gasteiger partial charge in [0.15, 0.2) is 0 Å². The van der Waals surface area contributed by atoms with Crippen LogP contribution in [0.4, 0.5) is 0 Å². The van der Waals surface area contributed by atoms with Gasteiger partial charge < -0.3 is 0 Å². The Balaban J connectivity index is 2.35. The summed E-state index contributed by atoms with van der Waals surface area (Å²) in [5, 5.41) is 0.533. The van der Waals surface area contributed by atoms with E-state index in [-0.39, 0.29) is 10.8 Å². The van der Waals surface area contributed by atoms with Gasteiger partial charge >= 0.3 is 0 Å². The Morgan fingerprint density at radius 1 is 1.29 bits per heavy atom. The lowest BCUT2D eigenvalue weighted by molar-refractivity contribution is 0.489. The molecule has 0 fully saturated rings. The first-order valence-corrected chi connectivity index (χ1v) is 7.19. The molecular weight excluding hydrogens is 258 g/mol. The molecule has 1 heterocycles. The lowest BCUT2D eigenvalue weighted by Crippen LogP contribution is -2.25. The minimum Gasteiger partial charge on any atom is -0.273 e. The number of sulfonamides is 1. The molecule has 0 N–H and O–H groups in total. The average Bonchev–Trinajstić information content (AvgIpc) is 2.60. The normalized spacial score (nSPS) is 20.5. The number of hydrogen-bond acceptors (Lipinski definition) is 2. The monoisotopic (exact) mass is 271 g/mol. The van der Waals surface area contributed by atoms with E-state index in [1.54, 1.807) is 18.3 Å². The zero-order valence-corrected chi connectivity index (χ0v) is 11.3. The van der Waals surface area contributed by atoms with Crippen molar-refractivity contribution in [3.05, 3.63) is 41.1 Å². The molecule has 1 aromatic rings. The third-order valence-electron chi connectivity index (χ3n) is 3.00. The van der Waals surface area contributed by atoms with Gasteiger partial charge in [-0.25, -0.2) is 8.42 Å². The Kier molecular flexibility index (Phi) is 3.19. The first-order valence-electron chi connectivity index (χ1n) is 5.37. The Morgan fingerprint density at radius 3 is 2.35 bits per heavy atom. The van der Waals surface area contributed by atoms with Crippen LogP contribution >= 0.6 is 11.6 Å². The van der Waals surface area contributed by atoms with E-state index < -0.39 is 10.0 Å². The highest BCUT2D eigenvalue weighted by Gasteiger charge is 2.28. The van der Waals surface area contributed by atoms with Crippen molar-refractivity contribution in [2.24, 2.45) is 5.92 Å². The summed E-state index contributed by atoms with van der Waals surface area (Å²) in [6, 6.07) is 6.24. The summed E-state index contributed by atoms with van der Waals surface area (Å²) < 4.78 is 25.9. The average molecular weight is 272 g/mol. The van der Waals surface area contributed by atoms with Gasteiger partial charge in [-0.15, -0.1) is 0 Å². The van der Waals surface area contributed by atoms with E-state index in [0.29, 0.717) is 11.6 Å². The predicted octanol–water partition coefficient (Wildman–Crippen LogP) is 2.88. The second-order valence-corrected chi connectivity index (χ2v) is 6.63. The predicted molar refractivity (Wildman–Crippen MR) is 68.3 cm³/mol. The van der Waals surface area contributed by atoms with Crippen LogP contribution in [-0.4, -0.2) is 19.3 Å². The second kappa shape index (κ2) is 4.35. The number of hydrogen-bond donors (Lipinski definition) is 0. The summed E-state index contributed by atoms with van der Waals surface area (Å²) >= 11 is 5.75. The molecule has 0 amide bonds. The van der Waals surface area contributed by atoms with Gasteiger partial charge in [0.05, 0.1) is 4.90 Å². The summed E-state index contributed by atoms with van der Waals surface area (Å²) in [6.07, 6.45) is 1.70. The zero-order chi connectivity index (χ0) is 12.6. The zero-order valence-electron chi connectivity index (χ0n) is 9.72. The van der Waals surface area contributed by atoms with Crippen molar-refractivity contribution >= 4 is 21.6 Å². The molecule has 0 aromatic heterocycles. The Labute approximate surface area is 107 Å². The fourth-order valence-electron chi connectivity index (χ4n) is 1.73. The fraction of sp³-hybridized carbons (Fsp3) is 0.333. The first-order chi connectivity index (χ1) is 7.91. The number of halogens is 1. The molecule has 0 saturated carbocycles. The number of benzene rings is 1. The molecule has 0 bridgehead atoms. The molecule has 0 radical (unpaired) electrons. The van der Waals surface area contributed by atoms with Crippen molar-refractivity contribution in [3.8, 4) is 0 Å². The van der Waals surface area contributed by atoms with E-state index in [4.69, 9.17) is 11.6 Å². The summed E-state index contributed by atoms with van der Waals surface area (Å²) in [4.78, 5) is 0.278. The highest BCUT2D eigenvalue weighted by molar-refractivity contribution is 7.89. The summed E-state index contributed by atoms with van der Waals surface area (Å²) in [5.74, 6) is 0.275. The molecule has 1 unspecified atom stereocenters. The second-order valence-electron chi connectivity index (χ2n) is 4.30. The van der Waals surface area contributed by atoms with Crippen molar-refractivity contribution in [1.82, 2.24) is 4.31 Å². The van der Waals surface area contributed by atoms with Crippen LogP contribution in [0.15, 0.2) is 40.9 Å². The van der Waals surface area contributed by atoms with Gasteiger partial charge in [0.1, 0.15) is 0 Å². The van der Waals surface area contributed by atoms with Crippen molar-refractivity contribution in [1.29, 1.82) is 0 Å². The van der Waals surface area contributed by atoms with E-state index in [2.05, 4.69) is 0 Å². The molecule has 1 aliphatic heterocycles. The van der Waals surface area contributed by atoms with E-state index in [1.165, 1.54) is 16.4 Å². The van der Waals surface area contributed by atoms with Crippen LogP contribution in [0.25, 0.3) is 0 Å². The highest BCUT2D eigenvalue weighted by atomic mass is 35.5. The van der Waals surface area contributed by atoms with Crippen LogP contribution in [0.5, 0.6) is 0 Å². The van der Waals surface area contributed by atoms with Crippen LogP contribution in [0.2, 0.25) is 5.02 Å². The Hall–Kier alpha value is -1.00. The molecule has 92 valence electrons. The molecule has 1 aliphatic rings. The van der Waals surface area contributed by atoms with Gasteiger partial charge in [0.25, 0.3) is 10.0 Å². The van der Waals surface area contributed by atoms with E-state index in [0.717, 1.165) is 5.57 Å². The van der Waals surface area contributed by atoms with Gasteiger partial charge in [-0.2, -0.15) is 0 Å². The van der Waals surface area contributed by atoms with Crippen molar-refractivity contribution in [2.45, 2.75) is 18.7 Å².